The summed E-state index contributed by atoms with van der Waals surface area (Å²) < 4.78 is 0. The van der Waals surface area contributed by atoms with Gasteiger partial charge in [0.2, 0.25) is 0 Å². The van der Waals surface area contributed by atoms with E-state index in [1.54, 1.807) is 12.2 Å². The number of allylic oxidation sites excluding steroid dienone is 1. The van der Waals surface area contributed by atoms with Crippen molar-refractivity contribution >= 4 is 5.97 Å². The highest BCUT2D eigenvalue weighted by atomic mass is 16.4. The zero-order valence-corrected chi connectivity index (χ0v) is 16.2. The lowest BCUT2D eigenvalue weighted by Gasteiger charge is -2.21. The van der Waals surface area contributed by atoms with Crippen LogP contribution in [0.25, 0.3) is 0 Å². The Balaban J connectivity index is 1.79. The van der Waals surface area contributed by atoms with Crippen LogP contribution >= 0.6 is 0 Å². The molecule has 5 heteroatoms. The van der Waals surface area contributed by atoms with Gasteiger partial charge >= 0.3 is 5.97 Å². The first kappa shape index (κ1) is 22.3. The standard InChI is InChI=1S/C23H32O5/c24-18(13-12-17-8-4-3-5-9-17)14-15-20-19(21(25)16-22(20)26)10-6-1-2-7-11-23(27)28/h3-5,7-9,11,14-15,18-22,24-26H,1-2,6,10,12-13,16H2,(H,27,28)/b11-7-,15-14+/t18?,19-,20-,21+,22-/m1/s1. The van der Waals surface area contributed by atoms with Crippen LogP contribution < -0.4 is 0 Å². The zero-order valence-electron chi connectivity index (χ0n) is 16.2. The summed E-state index contributed by atoms with van der Waals surface area (Å²) in [5, 5.41) is 39.4. The van der Waals surface area contributed by atoms with Gasteiger partial charge in [-0.1, -0.05) is 55.0 Å². The molecule has 1 saturated carbocycles. The van der Waals surface area contributed by atoms with Crippen molar-refractivity contribution in [3.05, 3.63) is 60.2 Å². The normalized spacial score (nSPS) is 26.2. The van der Waals surface area contributed by atoms with Crippen LogP contribution in [0.15, 0.2) is 54.6 Å². The molecule has 1 fully saturated rings. The summed E-state index contributed by atoms with van der Waals surface area (Å²) in [5.41, 5.74) is 1.18. The molecular formula is C23H32O5. The number of hydrogen-bond donors (Lipinski definition) is 4. The van der Waals surface area contributed by atoms with Gasteiger partial charge in [0.25, 0.3) is 0 Å². The van der Waals surface area contributed by atoms with Crippen molar-refractivity contribution in [2.24, 2.45) is 11.8 Å². The van der Waals surface area contributed by atoms with Gasteiger partial charge in [-0.05, 0) is 43.6 Å². The van der Waals surface area contributed by atoms with E-state index in [9.17, 15) is 20.1 Å². The predicted octanol–water partition coefficient (Wildman–Crippen LogP) is 3.10. The van der Waals surface area contributed by atoms with Crippen LogP contribution in [-0.2, 0) is 11.2 Å². The number of aliphatic carboxylic acids is 1. The van der Waals surface area contributed by atoms with E-state index in [4.69, 9.17) is 5.11 Å². The summed E-state index contributed by atoms with van der Waals surface area (Å²) in [6, 6.07) is 10.0. The molecule has 1 aliphatic carbocycles. The Kier molecular flexibility index (Phi) is 9.41. The third-order valence-corrected chi connectivity index (χ3v) is 5.46. The highest BCUT2D eigenvalue weighted by molar-refractivity contribution is 5.79. The first-order valence-electron chi connectivity index (χ1n) is 10.1. The van der Waals surface area contributed by atoms with Gasteiger partial charge in [0.15, 0.2) is 0 Å². The van der Waals surface area contributed by atoms with E-state index in [0.717, 1.165) is 31.8 Å². The molecule has 28 heavy (non-hydrogen) atoms. The lowest BCUT2D eigenvalue weighted by Crippen LogP contribution is -2.21. The molecule has 0 amide bonds. The van der Waals surface area contributed by atoms with Gasteiger partial charge in [-0.25, -0.2) is 4.79 Å². The fourth-order valence-corrected chi connectivity index (χ4v) is 3.92. The number of rotatable bonds is 11. The predicted molar refractivity (Wildman–Crippen MR) is 109 cm³/mol. The van der Waals surface area contributed by atoms with Crippen LogP contribution in [-0.4, -0.2) is 44.7 Å². The third kappa shape index (κ3) is 7.58. The number of benzene rings is 1. The first-order valence-corrected chi connectivity index (χ1v) is 10.1. The smallest absolute Gasteiger partial charge is 0.327 e. The summed E-state index contributed by atoms with van der Waals surface area (Å²) in [6.07, 6.45) is 9.63. The number of aryl methyl sites for hydroxylation is 1. The summed E-state index contributed by atoms with van der Waals surface area (Å²) in [6.45, 7) is 0. The van der Waals surface area contributed by atoms with E-state index < -0.39 is 24.3 Å². The number of hydrogen-bond acceptors (Lipinski definition) is 4. The quantitative estimate of drug-likeness (QED) is 0.265. The minimum atomic E-state index is -0.939. The molecule has 0 aromatic heterocycles. The van der Waals surface area contributed by atoms with Gasteiger partial charge in [-0.3, -0.25) is 0 Å². The van der Waals surface area contributed by atoms with Crippen molar-refractivity contribution in [1.29, 1.82) is 0 Å². The van der Waals surface area contributed by atoms with E-state index in [1.165, 1.54) is 5.56 Å². The first-order chi connectivity index (χ1) is 13.5. The lowest BCUT2D eigenvalue weighted by molar-refractivity contribution is -0.131. The molecule has 1 aromatic rings. The van der Waals surface area contributed by atoms with Crippen LogP contribution in [0.1, 0.15) is 44.1 Å². The highest BCUT2D eigenvalue weighted by Gasteiger charge is 2.39. The Morgan fingerprint density at radius 3 is 2.61 bits per heavy atom. The molecular weight excluding hydrogens is 356 g/mol. The molecule has 2 rings (SSSR count). The summed E-state index contributed by atoms with van der Waals surface area (Å²) in [5.74, 6) is -1.13. The molecule has 4 N–H and O–H groups in total. The van der Waals surface area contributed by atoms with Crippen molar-refractivity contribution in [3.8, 4) is 0 Å². The molecule has 0 heterocycles. The van der Waals surface area contributed by atoms with Crippen molar-refractivity contribution in [1.82, 2.24) is 0 Å². The van der Waals surface area contributed by atoms with Crippen molar-refractivity contribution in [2.75, 3.05) is 0 Å². The Morgan fingerprint density at radius 1 is 1.14 bits per heavy atom. The van der Waals surface area contributed by atoms with Gasteiger partial charge in [-0.15, -0.1) is 0 Å². The number of aliphatic hydroxyl groups excluding tert-OH is 3. The Morgan fingerprint density at radius 2 is 1.89 bits per heavy atom. The zero-order chi connectivity index (χ0) is 20.4. The monoisotopic (exact) mass is 388 g/mol. The molecule has 0 bridgehead atoms. The van der Waals surface area contributed by atoms with E-state index in [1.807, 2.05) is 36.4 Å². The average molecular weight is 389 g/mol. The van der Waals surface area contributed by atoms with Crippen LogP contribution in [0.5, 0.6) is 0 Å². The van der Waals surface area contributed by atoms with Gasteiger partial charge < -0.3 is 20.4 Å². The molecule has 5 nitrogen and oxygen atoms in total. The lowest BCUT2D eigenvalue weighted by atomic mass is 9.88. The molecule has 5 atom stereocenters. The molecule has 154 valence electrons. The number of aliphatic hydroxyl groups is 3. The second-order valence-corrected chi connectivity index (χ2v) is 7.61. The second kappa shape index (κ2) is 11.8. The molecule has 1 aliphatic rings. The van der Waals surface area contributed by atoms with Crippen LogP contribution in [0, 0.1) is 11.8 Å². The fourth-order valence-electron chi connectivity index (χ4n) is 3.92. The summed E-state index contributed by atoms with van der Waals surface area (Å²) in [7, 11) is 0. The van der Waals surface area contributed by atoms with Crippen LogP contribution in [0.4, 0.5) is 0 Å². The van der Waals surface area contributed by atoms with E-state index >= 15 is 0 Å². The van der Waals surface area contributed by atoms with Crippen LogP contribution in [0.2, 0.25) is 0 Å². The summed E-state index contributed by atoms with van der Waals surface area (Å²) in [4.78, 5) is 10.4. The van der Waals surface area contributed by atoms with Gasteiger partial charge in [0.1, 0.15) is 0 Å². The van der Waals surface area contributed by atoms with E-state index in [-0.39, 0.29) is 11.8 Å². The maximum atomic E-state index is 10.4. The fraction of sp³-hybridized carbons (Fsp3) is 0.522. The maximum absolute atomic E-state index is 10.4. The minimum Gasteiger partial charge on any atom is -0.478 e. The Labute approximate surface area is 167 Å². The Bertz CT molecular complexity index is 640. The number of unbranched alkanes of at least 4 members (excludes halogenated alkanes) is 2. The van der Waals surface area contributed by atoms with Gasteiger partial charge in [-0.2, -0.15) is 0 Å². The molecule has 0 radical (unpaired) electrons. The van der Waals surface area contributed by atoms with Crippen molar-refractivity contribution < 1.29 is 25.2 Å². The largest absolute Gasteiger partial charge is 0.478 e. The molecule has 0 saturated heterocycles. The van der Waals surface area contributed by atoms with Crippen molar-refractivity contribution in [3.63, 3.8) is 0 Å². The molecule has 1 aromatic carbocycles. The number of carboxylic acids is 1. The molecule has 1 unspecified atom stereocenters. The van der Waals surface area contributed by atoms with Gasteiger partial charge in [0, 0.05) is 18.4 Å². The second-order valence-electron chi connectivity index (χ2n) is 7.61. The van der Waals surface area contributed by atoms with Crippen molar-refractivity contribution in [2.45, 2.75) is 63.3 Å². The van der Waals surface area contributed by atoms with E-state index in [2.05, 4.69) is 0 Å². The Hall–Kier alpha value is -1.95. The van der Waals surface area contributed by atoms with Gasteiger partial charge in [0.05, 0.1) is 18.3 Å². The number of carboxylic acid groups (broad SMARTS) is 1. The van der Waals surface area contributed by atoms with E-state index in [0.29, 0.717) is 19.3 Å². The summed E-state index contributed by atoms with van der Waals surface area (Å²) >= 11 is 0. The molecule has 0 aliphatic heterocycles. The molecule has 0 spiro atoms. The minimum absolute atomic E-state index is 0.0315. The SMILES string of the molecule is O=C(O)/C=C\CCCC[C@@H]1[C@@H](/C=C/C(O)CCc2ccccc2)[C@H](O)C[C@@H]1O. The number of carbonyl (C=O) groups is 1. The average Bonchev–Trinajstić information content (AvgIpc) is 2.94. The highest BCUT2D eigenvalue weighted by Crippen LogP contribution is 2.37. The topological polar surface area (TPSA) is 98.0 Å². The van der Waals surface area contributed by atoms with Crippen LogP contribution in [0.3, 0.4) is 0 Å². The maximum Gasteiger partial charge on any atom is 0.327 e. The third-order valence-electron chi connectivity index (χ3n) is 5.46.